The van der Waals surface area contributed by atoms with E-state index in [0.717, 1.165) is 23.8 Å². The van der Waals surface area contributed by atoms with Gasteiger partial charge in [0.15, 0.2) is 0 Å². The number of amides is 1. The van der Waals surface area contributed by atoms with Gasteiger partial charge in [-0.1, -0.05) is 12.1 Å². The highest BCUT2D eigenvalue weighted by atomic mass is 19.1. The Balaban J connectivity index is 2.07. The first kappa shape index (κ1) is 13.0. The van der Waals surface area contributed by atoms with Gasteiger partial charge in [0, 0.05) is 12.2 Å². The summed E-state index contributed by atoms with van der Waals surface area (Å²) in [6, 6.07) is 9.69. The van der Waals surface area contributed by atoms with Crippen molar-refractivity contribution < 1.29 is 13.6 Å². The van der Waals surface area contributed by atoms with Crippen molar-refractivity contribution in [2.45, 2.75) is 6.54 Å². The second-order valence-corrected chi connectivity index (χ2v) is 4.05. The summed E-state index contributed by atoms with van der Waals surface area (Å²) in [5.74, 6) is -2.08. The highest BCUT2D eigenvalue weighted by molar-refractivity contribution is 5.94. The van der Waals surface area contributed by atoms with Crippen LogP contribution in [-0.2, 0) is 6.54 Å². The number of benzene rings is 2. The molecule has 19 heavy (non-hydrogen) atoms. The first-order valence-corrected chi connectivity index (χ1v) is 5.64. The largest absolute Gasteiger partial charge is 0.399 e. The molecule has 0 heterocycles. The van der Waals surface area contributed by atoms with Crippen molar-refractivity contribution in [3.8, 4) is 0 Å². The zero-order valence-corrected chi connectivity index (χ0v) is 9.99. The lowest BCUT2D eigenvalue weighted by Gasteiger charge is -2.07. The second kappa shape index (κ2) is 5.48. The molecule has 0 radical (unpaired) electrons. The fourth-order valence-electron chi connectivity index (χ4n) is 1.65. The molecule has 3 N–H and O–H groups in total. The van der Waals surface area contributed by atoms with Gasteiger partial charge in [0.25, 0.3) is 5.91 Å². The molecule has 0 saturated heterocycles. The summed E-state index contributed by atoms with van der Waals surface area (Å²) in [4.78, 5) is 11.7. The first-order valence-electron chi connectivity index (χ1n) is 5.64. The van der Waals surface area contributed by atoms with Crippen LogP contribution in [0.25, 0.3) is 0 Å². The van der Waals surface area contributed by atoms with Gasteiger partial charge in [0.2, 0.25) is 0 Å². The molecular formula is C14H12F2N2O. The van der Waals surface area contributed by atoms with Gasteiger partial charge in [-0.2, -0.15) is 0 Å². The van der Waals surface area contributed by atoms with E-state index in [1.165, 1.54) is 0 Å². The highest BCUT2D eigenvalue weighted by Crippen LogP contribution is 2.10. The summed E-state index contributed by atoms with van der Waals surface area (Å²) in [7, 11) is 0. The quantitative estimate of drug-likeness (QED) is 0.835. The number of anilines is 1. The van der Waals surface area contributed by atoms with Gasteiger partial charge < -0.3 is 11.1 Å². The van der Waals surface area contributed by atoms with Gasteiger partial charge in [-0.25, -0.2) is 8.78 Å². The van der Waals surface area contributed by atoms with E-state index in [0.29, 0.717) is 5.69 Å². The van der Waals surface area contributed by atoms with Gasteiger partial charge in [0.1, 0.15) is 11.6 Å². The fourth-order valence-corrected chi connectivity index (χ4v) is 1.65. The fraction of sp³-hybridized carbons (Fsp3) is 0.0714. The lowest BCUT2D eigenvalue weighted by molar-refractivity contribution is 0.0946. The Hall–Kier alpha value is -2.43. The zero-order valence-electron chi connectivity index (χ0n) is 9.99. The van der Waals surface area contributed by atoms with Crippen molar-refractivity contribution in [3.63, 3.8) is 0 Å². The second-order valence-electron chi connectivity index (χ2n) is 4.05. The molecule has 98 valence electrons. The van der Waals surface area contributed by atoms with E-state index in [1.807, 2.05) is 0 Å². The number of nitrogen functional groups attached to an aromatic ring is 1. The van der Waals surface area contributed by atoms with E-state index in [9.17, 15) is 13.6 Å². The van der Waals surface area contributed by atoms with Gasteiger partial charge in [-0.15, -0.1) is 0 Å². The maximum atomic E-state index is 13.4. The number of carbonyl (C=O) groups excluding carboxylic acids is 1. The van der Waals surface area contributed by atoms with Crippen LogP contribution in [0.5, 0.6) is 0 Å². The molecule has 1 amide bonds. The summed E-state index contributed by atoms with van der Waals surface area (Å²) in [6.45, 7) is 0.194. The first-order chi connectivity index (χ1) is 9.06. The average Bonchev–Trinajstić information content (AvgIpc) is 2.39. The van der Waals surface area contributed by atoms with E-state index in [-0.39, 0.29) is 12.1 Å². The smallest absolute Gasteiger partial charge is 0.254 e. The Morgan fingerprint density at radius 2 is 1.95 bits per heavy atom. The molecule has 0 aliphatic rings. The Morgan fingerprint density at radius 3 is 2.68 bits per heavy atom. The number of nitrogens with one attached hydrogen (secondary N) is 1. The summed E-state index contributed by atoms with van der Waals surface area (Å²) in [5, 5.41) is 2.51. The van der Waals surface area contributed by atoms with Gasteiger partial charge in [-0.05, 0) is 35.9 Å². The van der Waals surface area contributed by atoms with Crippen LogP contribution in [0.15, 0.2) is 42.5 Å². The van der Waals surface area contributed by atoms with Crippen molar-refractivity contribution in [1.29, 1.82) is 0 Å². The van der Waals surface area contributed by atoms with E-state index in [4.69, 9.17) is 5.73 Å². The Morgan fingerprint density at radius 1 is 1.16 bits per heavy atom. The number of rotatable bonds is 3. The van der Waals surface area contributed by atoms with Gasteiger partial charge in [-0.3, -0.25) is 4.79 Å². The van der Waals surface area contributed by atoms with Gasteiger partial charge in [0.05, 0.1) is 5.56 Å². The van der Waals surface area contributed by atoms with E-state index >= 15 is 0 Å². The molecule has 3 nitrogen and oxygen atoms in total. The molecule has 0 unspecified atom stereocenters. The molecule has 0 bridgehead atoms. The molecule has 0 atom stereocenters. The Kier molecular flexibility index (Phi) is 3.75. The predicted molar refractivity (Wildman–Crippen MR) is 68.4 cm³/mol. The molecule has 0 aliphatic carbocycles. The van der Waals surface area contributed by atoms with E-state index in [1.54, 1.807) is 24.3 Å². The van der Waals surface area contributed by atoms with Crippen LogP contribution in [0.1, 0.15) is 15.9 Å². The topological polar surface area (TPSA) is 55.1 Å². The molecule has 0 aromatic heterocycles. The molecule has 0 fully saturated rings. The maximum absolute atomic E-state index is 13.4. The van der Waals surface area contributed by atoms with E-state index < -0.39 is 17.5 Å². The molecular weight excluding hydrogens is 250 g/mol. The van der Waals surface area contributed by atoms with Gasteiger partial charge >= 0.3 is 0 Å². The molecule has 0 saturated carbocycles. The summed E-state index contributed by atoms with van der Waals surface area (Å²) < 4.78 is 26.3. The summed E-state index contributed by atoms with van der Waals surface area (Å²) in [6.07, 6.45) is 0. The number of hydrogen-bond donors (Lipinski definition) is 2. The minimum atomic E-state index is -0.758. The van der Waals surface area contributed by atoms with Crippen molar-refractivity contribution in [2.24, 2.45) is 0 Å². The lowest BCUT2D eigenvalue weighted by atomic mass is 10.1. The van der Waals surface area contributed by atoms with Crippen LogP contribution in [0.4, 0.5) is 14.5 Å². The zero-order chi connectivity index (χ0) is 13.8. The third-order valence-electron chi connectivity index (χ3n) is 2.58. The predicted octanol–water partition coefficient (Wildman–Crippen LogP) is 2.48. The molecule has 0 spiro atoms. The van der Waals surface area contributed by atoms with Crippen LogP contribution in [0.2, 0.25) is 0 Å². The van der Waals surface area contributed by atoms with E-state index in [2.05, 4.69) is 5.32 Å². The number of carbonyl (C=O) groups is 1. The minimum absolute atomic E-state index is 0.194. The molecule has 0 aliphatic heterocycles. The summed E-state index contributed by atoms with van der Waals surface area (Å²) in [5.41, 5.74) is 6.64. The van der Waals surface area contributed by atoms with Crippen molar-refractivity contribution in [3.05, 3.63) is 65.2 Å². The third-order valence-corrected chi connectivity index (χ3v) is 2.58. The lowest BCUT2D eigenvalue weighted by Crippen LogP contribution is -2.24. The van der Waals surface area contributed by atoms with Crippen molar-refractivity contribution in [1.82, 2.24) is 5.32 Å². The average molecular weight is 262 g/mol. The monoisotopic (exact) mass is 262 g/mol. The van der Waals surface area contributed by atoms with Crippen LogP contribution >= 0.6 is 0 Å². The number of halogens is 2. The van der Waals surface area contributed by atoms with Crippen LogP contribution in [0, 0.1) is 11.6 Å². The van der Waals surface area contributed by atoms with Crippen LogP contribution < -0.4 is 11.1 Å². The maximum Gasteiger partial charge on any atom is 0.254 e. The van der Waals surface area contributed by atoms with Crippen LogP contribution in [-0.4, -0.2) is 5.91 Å². The SMILES string of the molecule is Nc1cccc(CNC(=O)c2cc(F)ccc2F)c1. The third kappa shape index (κ3) is 3.28. The highest BCUT2D eigenvalue weighted by Gasteiger charge is 2.12. The Bertz CT molecular complexity index is 614. The molecule has 5 heteroatoms. The molecule has 2 rings (SSSR count). The minimum Gasteiger partial charge on any atom is -0.399 e. The standard InChI is InChI=1S/C14H12F2N2O/c15-10-4-5-13(16)12(7-10)14(19)18-8-9-2-1-3-11(17)6-9/h1-7H,8,17H2,(H,18,19). The molecule has 2 aromatic carbocycles. The number of nitrogens with two attached hydrogens (primary N) is 1. The van der Waals surface area contributed by atoms with Crippen molar-refractivity contribution >= 4 is 11.6 Å². The Labute approximate surface area is 109 Å². The normalized spacial score (nSPS) is 10.2. The van der Waals surface area contributed by atoms with Crippen LogP contribution in [0.3, 0.4) is 0 Å². The molecule has 2 aromatic rings. The van der Waals surface area contributed by atoms with Crippen molar-refractivity contribution in [2.75, 3.05) is 5.73 Å². The number of hydrogen-bond acceptors (Lipinski definition) is 2. The summed E-state index contributed by atoms with van der Waals surface area (Å²) >= 11 is 0.